The van der Waals surface area contributed by atoms with E-state index in [2.05, 4.69) is 17.5 Å². The SMILES string of the molecule is COC(=O)[C@H]1[C@H](C(=O)NCc2ccc(C(C)=O)o2)[C@@H]2C=C[C@H]1C21CC1. The number of allylic oxidation sites excluding steroid dienone is 2. The van der Waals surface area contributed by atoms with Crippen LogP contribution in [0.2, 0.25) is 0 Å². The molecule has 1 aromatic rings. The molecule has 0 radical (unpaired) electrons. The molecular weight excluding hydrogens is 322 g/mol. The normalized spacial score (nSPS) is 30.5. The summed E-state index contributed by atoms with van der Waals surface area (Å²) in [5, 5.41) is 2.87. The molecule has 1 N–H and O–H groups in total. The molecule has 2 fully saturated rings. The van der Waals surface area contributed by atoms with Crippen molar-refractivity contribution in [2.24, 2.45) is 29.1 Å². The van der Waals surface area contributed by atoms with Gasteiger partial charge in [-0.15, -0.1) is 0 Å². The van der Waals surface area contributed by atoms with Crippen LogP contribution in [0.5, 0.6) is 0 Å². The second kappa shape index (κ2) is 5.58. The summed E-state index contributed by atoms with van der Waals surface area (Å²) in [5.74, 6) is -0.417. The molecule has 2 bridgehead atoms. The number of carbonyl (C=O) groups is 3. The minimum Gasteiger partial charge on any atom is -0.469 e. The van der Waals surface area contributed by atoms with Gasteiger partial charge >= 0.3 is 5.97 Å². The number of esters is 1. The fourth-order valence-electron chi connectivity index (χ4n) is 4.77. The lowest BCUT2D eigenvalue weighted by atomic mass is 9.82. The van der Waals surface area contributed by atoms with Crippen LogP contribution in [-0.4, -0.2) is 24.8 Å². The third-order valence-corrected chi connectivity index (χ3v) is 6.06. The number of rotatable bonds is 5. The summed E-state index contributed by atoms with van der Waals surface area (Å²) in [6.07, 6.45) is 6.32. The predicted molar refractivity (Wildman–Crippen MR) is 87.3 cm³/mol. The minimum absolute atomic E-state index is 0.0906. The molecule has 1 aromatic heterocycles. The van der Waals surface area contributed by atoms with Gasteiger partial charge in [-0.2, -0.15) is 0 Å². The van der Waals surface area contributed by atoms with Gasteiger partial charge in [0, 0.05) is 6.92 Å². The molecule has 3 aliphatic carbocycles. The smallest absolute Gasteiger partial charge is 0.310 e. The van der Waals surface area contributed by atoms with Gasteiger partial charge in [-0.1, -0.05) is 12.2 Å². The highest BCUT2D eigenvalue weighted by atomic mass is 16.5. The van der Waals surface area contributed by atoms with Gasteiger partial charge in [-0.3, -0.25) is 14.4 Å². The van der Waals surface area contributed by atoms with Crippen LogP contribution in [0.3, 0.4) is 0 Å². The van der Waals surface area contributed by atoms with Crippen molar-refractivity contribution in [2.45, 2.75) is 26.3 Å². The molecule has 0 aliphatic heterocycles. The number of hydrogen-bond acceptors (Lipinski definition) is 5. The van der Waals surface area contributed by atoms with E-state index in [4.69, 9.17) is 9.15 Å². The van der Waals surface area contributed by atoms with Gasteiger partial charge < -0.3 is 14.5 Å². The van der Waals surface area contributed by atoms with Gasteiger partial charge in [0.2, 0.25) is 5.91 Å². The van der Waals surface area contributed by atoms with Crippen molar-refractivity contribution in [3.05, 3.63) is 35.8 Å². The molecule has 6 nitrogen and oxygen atoms in total. The van der Waals surface area contributed by atoms with E-state index in [1.165, 1.54) is 14.0 Å². The zero-order valence-corrected chi connectivity index (χ0v) is 14.3. The number of furan rings is 1. The number of Topliss-reactive ketones (excluding diaryl/α,β-unsaturated/α-hetero) is 1. The Kier molecular flexibility index (Phi) is 3.60. The molecule has 2 saturated carbocycles. The van der Waals surface area contributed by atoms with Gasteiger partial charge in [-0.05, 0) is 42.2 Å². The number of ketones is 1. The van der Waals surface area contributed by atoms with Gasteiger partial charge in [0.15, 0.2) is 11.5 Å². The average molecular weight is 343 g/mol. The van der Waals surface area contributed by atoms with Crippen LogP contribution in [0.1, 0.15) is 36.1 Å². The number of nitrogens with one attached hydrogen (secondary N) is 1. The monoisotopic (exact) mass is 343 g/mol. The molecule has 0 aromatic carbocycles. The van der Waals surface area contributed by atoms with E-state index in [0.29, 0.717) is 5.76 Å². The lowest BCUT2D eigenvalue weighted by Gasteiger charge is -2.24. The fraction of sp³-hybridized carbons (Fsp3) is 0.526. The van der Waals surface area contributed by atoms with Crippen molar-refractivity contribution in [3.63, 3.8) is 0 Å². The van der Waals surface area contributed by atoms with E-state index in [1.807, 2.05) is 0 Å². The Bertz CT molecular complexity index is 773. The highest BCUT2D eigenvalue weighted by molar-refractivity contribution is 5.91. The Morgan fingerprint density at radius 3 is 2.44 bits per heavy atom. The Hall–Kier alpha value is -2.37. The molecule has 0 unspecified atom stereocenters. The summed E-state index contributed by atoms with van der Waals surface area (Å²) < 4.78 is 10.4. The first-order chi connectivity index (χ1) is 12.0. The van der Waals surface area contributed by atoms with Gasteiger partial charge in [-0.25, -0.2) is 0 Å². The summed E-state index contributed by atoms with van der Waals surface area (Å²) in [6.45, 7) is 1.63. The molecule has 3 aliphatic rings. The maximum Gasteiger partial charge on any atom is 0.310 e. The summed E-state index contributed by atoms with van der Waals surface area (Å²) in [5.41, 5.74) is 0.0906. The van der Waals surface area contributed by atoms with Gasteiger partial charge in [0.05, 0.1) is 25.5 Å². The minimum atomic E-state index is -0.410. The zero-order chi connectivity index (χ0) is 17.8. The van der Waals surface area contributed by atoms with Crippen molar-refractivity contribution in [1.82, 2.24) is 5.32 Å². The lowest BCUT2D eigenvalue weighted by molar-refractivity contribution is -0.151. The number of amides is 1. The van der Waals surface area contributed by atoms with Gasteiger partial charge in [0.1, 0.15) is 5.76 Å². The van der Waals surface area contributed by atoms with Crippen LogP contribution in [0.15, 0.2) is 28.7 Å². The third kappa shape index (κ3) is 2.34. The number of ether oxygens (including phenoxy) is 1. The topological polar surface area (TPSA) is 85.6 Å². The lowest BCUT2D eigenvalue weighted by Crippen LogP contribution is -2.40. The predicted octanol–water partition coefficient (Wildman–Crippen LogP) is 2.10. The molecule has 4 rings (SSSR count). The number of hydrogen-bond donors (Lipinski definition) is 1. The highest BCUT2D eigenvalue weighted by Gasteiger charge is 2.70. The maximum atomic E-state index is 12.8. The molecular formula is C19H21NO5. The van der Waals surface area contributed by atoms with E-state index >= 15 is 0 Å². The molecule has 1 heterocycles. The van der Waals surface area contributed by atoms with Crippen LogP contribution in [0.4, 0.5) is 0 Å². The van der Waals surface area contributed by atoms with Crippen LogP contribution >= 0.6 is 0 Å². The largest absolute Gasteiger partial charge is 0.469 e. The Balaban J connectivity index is 1.49. The van der Waals surface area contributed by atoms with E-state index in [0.717, 1.165) is 12.8 Å². The summed E-state index contributed by atoms with van der Waals surface area (Å²) in [4.78, 5) is 36.4. The first kappa shape index (κ1) is 16.1. The second-order valence-electron chi connectivity index (χ2n) is 7.28. The van der Waals surface area contributed by atoms with Crippen molar-refractivity contribution in [1.29, 1.82) is 0 Å². The summed E-state index contributed by atoms with van der Waals surface area (Å²) >= 11 is 0. The van der Waals surface area contributed by atoms with E-state index in [9.17, 15) is 14.4 Å². The fourth-order valence-corrected chi connectivity index (χ4v) is 4.77. The Labute approximate surface area is 145 Å². The first-order valence-corrected chi connectivity index (χ1v) is 8.61. The standard InChI is InChI=1S/C19H21NO5/c1-10(21)14-6-3-11(25-14)9-20-17(22)15-12-4-5-13(19(12)7-8-19)16(15)18(23)24-2/h3-6,12-13,15-16H,7-9H2,1-2H3,(H,20,22)/t12-,13+,15+,16+/m0/s1. The zero-order valence-electron chi connectivity index (χ0n) is 14.3. The quantitative estimate of drug-likeness (QED) is 0.503. The van der Waals surface area contributed by atoms with Crippen LogP contribution in [0, 0.1) is 29.1 Å². The van der Waals surface area contributed by atoms with Crippen molar-refractivity contribution < 1.29 is 23.5 Å². The van der Waals surface area contributed by atoms with Crippen LogP contribution < -0.4 is 5.32 Å². The number of methoxy groups -OCH3 is 1. The molecule has 0 saturated heterocycles. The molecule has 25 heavy (non-hydrogen) atoms. The van der Waals surface area contributed by atoms with E-state index < -0.39 is 11.8 Å². The van der Waals surface area contributed by atoms with Gasteiger partial charge in [0.25, 0.3) is 0 Å². The molecule has 6 heteroatoms. The van der Waals surface area contributed by atoms with Crippen molar-refractivity contribution in [2.75, 3.05) is 7.11 Å². The van der Waals surface area contributed by atoms with E-state index in [-0.39, 0.29) is 47.2 Å². The third-order valence-electron chi connectivity index (χ3n) is 6.06. The van der Waals surface area contributed by atoms with Crippen molar-refractivity contribution >= 4 is 17.7 Å². The average Bonchev–Trinajstić information content (AvgIpc) is 3.01. The second-order valence-corrected chi connectivity index (χ2v) is 7.28. The summed E-state index contributed by atoms with van der Waals surface area (Å²) in [7, 11) is 1.37. The van der Waals surface area contributed by atoms with Crippen molar-refractivity contribution in [3.8, 4) is 0 Å². The molecule has 4 atom stereocenters. The first-order valence-electron chi connectivity index (χ1n) is 8.61. The molecule has 1 spiro atoms. The van der Waals surface area contributed by atoms with Crippen LogP contribution in [-0.2, 0) is 20.9 Å². The molecule has 132 valence electrons. The maximum absolute atomic E-state index is 12.8. The molecule has 1 amide bonds. The van der Waals surface area contributed by atoms with E-state index in [1.54, 1.807) is 12.1 Å². The number of carbonyl (C=O) groups excluding carboxylic acids is 3. The highest BCUT2D eigenvalue weighted by Crippen LogP contribution is 2.72. The Morgan fingerprint density at radius 1 is 1.20 bits per heavy atom. The Morgan fingerprint density at radius 2 is 1.88 bits per heavy atom. The summed E-state index contributed by atoms with van der Waals surface area (Å²) in [6, 6.07) is 3.28. The van der Waals surface area contributed by atoms with Crippen LogP contribution in [0.25, 0.3) is 0 Å².